The molecule has 136 valence electrons. The highest BCUT2D eigenvalue weighted by molar-refractivity contribution is 6.30. The molecule has 8 heteroatoms. The maximum Gasteiger partial charge on any atom is 0.411 e. The maximum absolute atomic E-state index is 11.8. The molecule has 0 aromatic heterocycles. The van der Waals surface area contributed by atoms with Gasteiger partial charge in [0.25, 0.3) is 0 Å². The van der Waals surface area contributed by atoms with E-state index in [4.69, 9.17) is 22.1 Å². The zero-order valence-corrected chi connectivity index (χ0v) is 14.8. The number of halogens is 1. The summed E-state index contributed by atoms with van der Waals surface area (Å²) in [7, 11) is 0. The first-order chi connectivity index (χ1) is 12.4. The van der Waals surface area contributed by atoms with Gasteiger partial charge in [0.2, 0.25) is 0 Å². The molecule has 0 radical (unpaired) electrons. The van der Waals surface area contributed by atoms with E-state index >= 15 is 0 Å². The Bertz CT molecular complexity index is 785. The van der Waals surface area contributed by atoms with Crippen LogP contribution in [0, 0.1) is 0 Å². The van der Waals surface area contributed by atoms with Crippen LogP contribution in [0.3, 0.4) is 0 Å². The van der Waals surface area contributed by atoms with Gasteiger partial charge in [-0.3, -0.25) is 5.32 Å². The van der Waals surface area contributed by atoms with Gasteiger partial charge in [-0.15, -0.1) is 0 Å². The molecule has 3 N–H and O–H groups in total. The highest BCUT2D eigenvalue weighted by Gasteiger charge is 2.07. The Morgan fingerprint density at radius 2 is 1.69 bits per heavy atom. The molecule has 1 amide bonds. The minimum absolute atomic E-state index is 0.0398. The Kier molecular flexibility index (Phi) is 6.99. The van der Waals surface area contributed by atoms with Crippen molar-refractivity contribution in [1.82, 2.24) is 0 Å². The lowest BCUT2D eigenvalue weighted by atomic mass is 10.1. The topological polar surface area (TPSA) is 103 Å². The average molecular weight is 376 g/mol. The van der Waals surface area contributed by atoms with E-state index in [0.29, 0.717) is 16.3 Å². The van der Waals surface area contributed by atoms with Crippen molar-refractivity contribution in [3.63, 3.8) is 0 Å². The summed E-state index contributed by atoms with van der Waals surface area (Å²) in [4.78, 5) is 28.0. The summed E-state index contributed by atoms with van der Waals surface area (Å²) in [5.41, 5.74) is 7.36. The van der Waals surface area contributed by atoms with Crippen molar-refractivity contribution in [2.24, 2.45) is 10.9 Å². The van der Waals surface area contributed by atoms with Crippen LogP contribution in [-0.2, 0) is 27.4 Å². The van der Waals surface area contributed by atoms with E-state index in [9.17, 15) is 9.59 Å². The number of nitrogens with zero attached hydrogens (tertiary/aromatic N) is 1. The van der Waals surface area contributed by atoms with Crippen molar-refractivity contribution in [3.8, 4) is 0 Å². The molecule has 0 aliphatic carbocycles. The number of carbonyl (C=O) groups is 2. The number of rotatable bonds is 6. The van der Waals surface area contributed by atoms with Crippen molar-refractivity contribution in [1.29, 1.82) is 0 Å². The summed E-state index contributed by atoms with van der Waals surface area (Å²) in [6.45, 7) is 1.65. The van der Waals surface area contributed by atoms with E-state index in [1.165, 1.54) is 6.92 Å². The van der Waals surface area contributed by atoms with Crippen LogP contribution >= 0.6 is 11.6 Å². The second-order valence-electron chi connectivity index (χ2n) is 5.40. The summed E-state index contributed by atoms with van der Waals surface area (Å²) in [5.74, 6) is -0.368. The molecule has 2 rings (SSSR count). The van der Waals surface area contributed by atoms with E-state index < -0.39 is 12.1 Å². The smallest absolute Gasteiger partial charge is 0.411 e. The number of benzene rings is 2. The summed E-state index contributed by atoms with van der Waals surface area (Å²) in [5, 5.41) is 6.61. The molecule has 0 saturated heterocycles. The highest BCUT2D eigenvalue weighted by atomic mass is 35.5. The molecule has 0 unspecified atom stereocenters. The Balaban J connectivity index is 1.80. The van der Waals surface area contributed by atoms with Gasteiger partial charge in [0.1, 0.15) is 12.4 Å². The van der Waals surface area contributed by atoms with E-state index in [1.807, 2.05) is 0 Å². The first-order valence-corrected chi connectivity index (χ1v) is 8.07. The molecule has 0 saturated carbocycles. The third kappa shape index (κ3) is 6.82. The molecule has 0 heterocycles. The predicted octanol–water partition coefficient (Wildman–Crippen LogP) is 3.47. The van der Waals surface area contributed by atoms with E-state index in [-0.39, 0.29) is 18.9 Å². The van der Waals surface area contributed by atoms with E-state index in [1.54, 1.807) is 48.5 Å². The normalized spacial score (nSPS) is 10.9. The van der Waals surface area contributed by atoms with Crippen molar-refractivity contribution in [3.05, 3.63) is 64.7 Å². The van der Waals surface area contributed by atoms with Crippen LogP contribution in [0.25, 0.3) is 0 Å². The van der Waals surface area contributed by atoms with Crippen molar-refractivity contribution < 1.29 is 19.2 Å². The zero-order valence-electron chi connectivity index (χ0n) is 14.1. The van der Waals surface area contributed by atoms with Gasteiger partial charge in [0.05, 0.1) is 6.42 Å². The lowest BCUT2D eigenvalue weighted by Gasteiger charge is -2.08. The molecule has 0 spiro atoms. The van der Waals surface area contributed by atoms with Crippen LogP contribution in [-0.4, -0.2) is 17.9 Å². The number of amidine groups is 1. The molecule has 0 aliphatic heterocycles. The lowest BCUT2D eigenvalue weighted by Crippen LogP contribution is -2.13. The van der Waals surface area contributed by atoms with Crippen LogP contribution in [0.5, 0.6) is 0 Å². The Morgan fingerprint density at radius 1 is 1.08 bits per heavy atom. The molecular formula is C18H18ClN3O4. The molecule has 0 fully saturated rings. The zero-order chi connectivity index (χ0) is 18.9. The summed E-state index contributed by atoms with van der Waals surface area (Å²) in [6, 6.07) is 13.7. The number of nitrogens with two attached hydrogens (primary N) is 1. The second kappa shape index (κ2) is 9.43. The van der Waals surface area contributed by atoms with Crippen molar-refractivity contribution in [2.45, 2.75) is 20.0 Å². The number of nitrogens with one attached hydrogen (secondary N) is 1. The predicted molar refractivity (Wildman–Crippen MR) is 98.8 cm³/mol. The number of oxime groups is 1. The second-order valence-corrected chi connectivity index (χ2v) is 5.83. The molecule has 7 nitrogen and oxygen atoms in total. The number of ether oxygens (including phenoxy) is 1. The third-order valence-corrected chi connectivity index (χ3v) is 3.38. The summed E-state index contributed by atoms with van der Waals surface area (Å²) >= 11 is 5.80. The Morgan fingerprint density at radius 3 is 2.31 bits per heavy atom. The molecule has 26 heavy (non-hydrogen) atoms. The lowest BCUT2D eigenvalue weighted by molar-refractivity contribution is -0.142. The number of hydrogen-bond donors (Lipinski definition) is 2. The van der Waals surface area contributed by atoms with Crippen LogP contribution in [0.15, 0.2) is 53.7 Å². The van der Waals surface area contributed by atoms with Crippen LogP contribution in [0.4, 0.5) is 10.5 Å². The van der Waals surface area contributed by atoms with Crippen LogP contribution in [0.2, 0.25) is 5.02 Å². The maximum atomic E-state index is 11.8. The van der Waals surface area contributed by atoms with Gasteiger partial charge in [-0.1, -0.05) is 41.0 Å². The first kappa shape index (κ1) is 19.3. The minimum Gasteiger partial charge on any atom is -0.444 e. The molecule has 0 bridgehead atoms. The number of anilines is 1. The van der Waals surface area contributed by atoms with Crippen LogP contribution < -0.4 is 11.1 Å². The Labute approximate surface area is 155 Å². The largest absolute Gasteiger partial charge is 0.444 e. The van der Waals surface area contributed by atoms with Gasteiger partial charge in [-0.2, -0.15) is 0 Å². The Hall–Kier alpha value is -3.06. The van der Waals surface area contributed by atoms with E-state index in [0.717, 1.165) is 5.56 Å². The number of amides is 1. The number of carbonyl (C=O) groups excluding carboxylic acids is 2. The monoisotopic (exact) mass is 375 g/mol. The average Bonchev–Trinajstić information content (AvgIpc) is 2.61. The number of hydrogen-bond acceptors (Lipinski definition) is 5. The SMILES string of the molecule is C/C(N)=N/OC(=O)Cc1ccc(NC(=O)OCc2ccc(Cl)cc2)cc1. The van der Waals surface area contributed by atoms with Gasteiger partial charge in [0.15, 0.2) is 0 Å². The fourth-order valence-corrected chi connectivity index (χ4v) is 2.04. The fraction of sp³-hybridized carbons (Fsp3) is 0.167. The van der Waals surface area contributed by atoms with Crippen molar-refractivity contribution in [2.75, 3.05) is 5.32 Å². The molecule has 2 aromatic rings. The van der Waals surface area contributed by atoms with Crippen molar-refractivity contribution >= 4 is 35.2 Å². The fourth-order valence-electron chi connectivity index (χ4n) is 1.91. The quantitative estimate of drug-likeness (QED) is 0.348. The van der Waals surface area contributed by atoms with Gasteiger partial charge in [0, 0.05) is 10.7 Å². The van der Waals surface area contributed by atoms with Gasteiger partial charge in [-0.25, -0.2) is 9.59 Å². The van der Waals surface area contributed by atoms with Crippen LogP contribution in [0.1, 0.15) is 18.1 Å². The molecular weight excluding hydrogens is 358 g/mol. The summed E-state index contributed by atoms with van der Waals surface area (Å²) in [6.07, 6.45) is -0.544. The molecule has 0 aliphatic rings. The third-order valence-electron chi connectivity index (χ3n) is 3.12. The standard InChI is InChI=1S/C18H18ClN3O4/c1-12(20)22-26-17(23)10-13-4-8-16(9-5-13)21-18(24)25-11-14-2-6-15(19)7-3-14/h2-9H,10-11H2,1H3,(H2,20,22)(H,21,24). The minimum atomic E-state index is -0.583. The molecule has 2 aromatic carbocycles. The first-order valence-electron chi connectivity index (χ1n) is 7.69. The van der Waals surface area contributed by atoms with Gasteiger partial charge in [-0.05, 0) is 42.3 Å². The van der Waals surface area contributed by atoms with Gasteiger partial charge >= 0.3 is 12.1 Å². The summed E-state index contributed by atoms with van der Waals surface area (Å²) < 4.78 is 5.13. The molecule has 0 atom stereocenters. The highest BCUT2D eigenvalue weighted by Crippen LogP contribution is 2.13. The van der Waals surface area contributed by atoms with E-state index in [2.05, 4.69) is 15.3 Å². The van der Waals surface area contributed by atoms with Gasteiger partial charge < -0.3 is 15.3 Å².